The van der Waals surface area contributed by atoms with E-state index in [2.05, 4.69) is 26.6 Å². The zero-order valence-corrected chi connectivity index (χ0v) is 11.3. The number of rotatable bonds is 3. The van der Waals surface area contributed by atoms with E-state index in [1.807, 2.05) is 24.3 Å². The molecule has 1 aliphatic rings. The fourth-order valence-corrected chi connectivity index (χ4v) is 2.53. The van der Waals surface area contributed by atoms with Gasteiger partial charge in [-0.2, -0.15) is 0 Å². The van der Waals surface area contributed by atoms with Crippen molar-refractivity contribution in [3.63, 3.8) is 0 Å². The molecule has 1 amide bonds. The Kier molecular flexibility index (Phi) is 4.57. The molecule has 0 spiro atoms. The molecule has 17 heavy (non-hydrogen) atoms. The maximum Gasteiger partial charge on any atom is 0.252 e. The van der Waals surface area contributed by atoms with Gasteiger partial charge in [0.1, 0.15) is 0 Å². The third kappa shape index (κ3) is 3.54. The van der Waals surface area contributed by atoms with Crippen LogP contribution in [-0.4, -0.2) is 25.5 Å². The Balaban J connectivity index is 1.87. The molecule has 0 unspecified atom stereocenters. The Morgan fingerprint density at radius 2 is 2.06 bits per heavy atom. The lowest BCUT2D eigenvalue weighted by molar-refractivity contribution is 0.0943. The molecule has 0 aromatic heterocycles. The second-order valence-corrected chi connectivity index (χ2v) is 5.24. The van der Waals surface area contributed by atoms with Gasteiger partial charge in [-0.3, -0.25) is 4.79 Å². The summed E-state index contributed by atoms with van der Waals surface area (Å²) in [6.45, 7) is 2.91. The highest BCUT2D eigenvalue weighted by Crippen LogP contribution is 2.16. The van der Waals surface area contributed by atoms with Crippen LogP contribution < -0.4 is 10.6 Å². The summed E-state index contributed by atoms with van der Waals surface area (Å²) in [6.07, 6.45) is 2.30. The van der Waals surface area contributed by atoms with E-state index in [1.165, 1.54) is 0 Å². The van der Waals surface area contributed by atoms with Crippen molar-refractivity contribution >= 4 is 21.8 Å². The highest BCUT2D eigenvalue weighted by atomic mass is 79.9. The van der Waals surface area contributed by atoms with Crippen LogP contribution in [0.1, 0.15) is 23.2 Å². The molecule has 0 radical (unpaired) electrons. The van der Waals surface area contributed by atoms with Crippen molar-refractivity contribution < 1.29 is 4.79 Å². The Morgan fingerprint density at radius 3 is 2.76 bits per heavy atom. The van der Waals surface area contributed by atoms with Crippen LogP contribution in [0.2, 0.25) is 0 Å². The molecule has 0 bridgehead atoms. The Labute approximate surface area is 110 Å². The summed E-state index contributed by atoms with van der Waals surface area (Å²) in [7, 11) is 0. The lowest BCUT2D eigenvalue weighted by Crippen LogP contribution is -2.36. The Hall–Kier alpha value is -0.870. The zero-order chi connectivity index (χ0) is 12.1. The highest BCUT2D eigenvalue weighted by molar-refractivity contribution is 9.10. The predicted octanol–water partition coefficient (Wildman–Crippen LogP) is 2.18. The fraction of sp³-hybridized carbons (Fsp3) is 0.462. The van der Waals surface area contributed by atoms with Gasteiger partial charge in [0.15, 0.2) is 0 Å². The Morgan fingerprint density at radius 1 is 1.35 bits per heavy atom. The quantitative estimate of drug-likeness (QED) is 0.898. The van der Waals surface area contributed by atoms with Gasteiger partial charge < -0.3 is 10.6 Å². The highest BCUT2D eigenvalue weighted by Gasteiger charge is 2.15. The van der Waals surface area contributed by atoms with Crippen molar-refractivity contribution in [1.82, 2.24) is 10.6 Å². The minimum Gasteiger partial charge on any atom is -0.352 e. The van der Waals surface area contributed by atoms with Crippen molar-refractivity contribution in [3.05, 3.63) is 34.3 Å². The van der Waals surface area contributed by atoms with Crippen LogP contribution in [-0.2, 0) is 0 Å². The first-order valence-electron chi connectivity index (χ1n) is 6.01. The molecule has 3 nitrogen and oxygen atoms in total. The van der Waals surface area contributed by atoms with Crippen LogP contribution in [0.4, 0.5) is 0 Å². The number of nitrogens with one attached hydrogen (secondary N) is 2. The minimum atomic E-state index is 0.0102. The molecular weight excluding hydrogens is 280 g/mol. The summed E-state index contributed by atoms with van der Waals surface area (Å²) >= 11 is 3.39. The maximum atomic E-state index is 12.0. The first-order valence-corrected chi connectivity index (χ1v) is 6.80. The molecule has 4 heteroatoms. The molecular formula is C13H17BrN2O. The van der Waals surface area contributed by atoms with Crippen molar-refractivity contribution in [2.24, 2.45) is 5.92 Å². The molecule has 92 valence electrons. The average molecular weight is 297 g/mol. The number of piperidine rings is 1. The molecule has 1 aromatic rings. The lowest BCUT2D eigenvalue weighted by Gasteiger charge is -2.22. The Bertz CT molecular complexity index is 389. The first-order chi connectivity index (χ1) is 8.27. The van der Waals surface area contributed by atoms with E-state index >= 15 is 0 Å². The molecule has 0 atom stereocenters. The number of benzene rings is 1. The van der Waals surface area contributed by atoms with Crippen molar-refractivity contribution in [1.29, 1.82) is 0 Å². The smallest absolute Gasteiger partial charge is 0.252 e. The summed E-state index contributed by atoms with van der Waals surface area (Å²) in [6, 6.07) is 7.51. The van der Waals surface area contributed by atoms with Crippen LogP contribution >= 0.6 is 15.9 Å². The second kappa shape index (κ2) is 6.17. The van der Waals surface area contributed by atoms with Crippen LogP contribution in [0.3, 0.4) is 0 Å². The van der Waals surface area contributed by atoms with Crippen LogP contribution in [0.25, 0.3) is 0 Å². The summed E-state index contributed by atoms with van der Waals surface area (Å²) in [5.74, 6) is 0.624. The van der Waals surface area contributed by atoms with Crippen LogP contribution in [0, 0.1) is 5.92 Å². The average Bonchev–Trinajstić information content (AvgIpc) is 2.38. The van der Waals surface area contributed by atoms with Crippen LogP contribution in [0.5, 0.6) is 0 Å². The molecule has 1 aliphatic heterocycles. The van der Waals surface area contributed by atoms with Gasteiger partial charge in [-0.15, -0.1) is 0 Å². The van der Waals surface area contributed by atoms with Gasteiger partial charge in [-0.25, -0.2) is 0 Å². The number of amides is 1. The van der Waals surface area contributed by atoms with E-state index in [0.717, 1.165) is 36.9 Å². The number of halogens is 1. The predicted molar refractivity (Wildman–Crippen MR) is 72.1 cm³/mol. The lowest BCUT2D eigenvalue weighted by atomic mass is 9.98. The topological polar surface area (TPSA) is 41.1 Å². The second-order valence-electron chi connectivity index (χ2n) is 4.38. The zero-order valence-electron chi connectivity index (χ0n) is 9.71. The van der Waals surface area contributed by atoms with E-state index in [-0.39, 0.29) is 5.91 Å². The molecule has 1 fully saturated rings. The van der Waals surface area contributed by atoms with Crippen LogP contribution in [0.15, 0.2) is 28.7 Å². The number of carbonyl (C=O) groups is 1. The number of hydrogen-bond acceptors (Lipinski definition) is 2. The number of hydrogen-bond donors (Lipinski definition) is 2. The van der Waals surface area contributed by atoms with Gasteiger partial charge in [-0.05, 0) is 59.9 Å². The van der Waals surface area contributed by atoms with E-state index in [1.54, 1.807) is 0 Å². The molecule has 1 saturated heterocycles. The van der Waals surface area contributed by atoms with Gasteiger partial charge in [0.25, 0.3) is 5.91 Å². The SMILES string of the molecule is O=C(NCC1CCNCC1)c1ccccc1Br. The molecule has 2 rings (SSSR count). The van der Waals surface area contributed by atoms with Gasteiger partial charge in [0.05, 0.1) is 5.56 Å². The van der Waals surface area contributed by atoms with Gasteiger partial charge in [-0.1, -0.05) is 12.1 Å². The van der Waals surface area contributed by atoms with Gasteiger partial charge in [0, 0.05) is 11.0 Å². The van der Waals surface area contributed by atoms with E-state index in [0.29, 0.717) is 11.5 Å². The van der Waals surface area contributed by atoms with E-state index in [9.17, 15) is 4.79 Å². The van der Waals surface area contributed by atoms with Gasteiger partial charge in [0.2, 0.25) is 0 Å². The summed E-state index contributed by atoms with van der Waals surface area (Å²) in [5.41, 5.74) is 0.710. The molecule has 0 aliphatic carbocycles. The monoisotopic (exact) mass is 296 g/mol. The molecule has 1 heterocycles. The third-order valence-electron chi connectivity index (χ3n) is 3.13. The van der Waals surface area contributed by atoms with Crippen molar-refractivity contribution in [2.75, 3.05) is 19.6 Å². The first kappa shape index (κ1) is 12.6. The maximum absolute atomic E-state index is 12.0. The summed E-state index contributed by atoms with van der Waals surface area (Å²) in [5, 5.41) is 6.34. The van der Waals surface area contributed by atoms with Gasteiger partial charge >= 0.3 is 0 Å². The normalized spacial score (nSPS) is 16.8. The number of carbonyl (C=O) groups excluding carboxylic acids is 1. The molecule has 2 N–H and O–H groups in total. The standard InChI is InChI=1S/C13H17BrN2O/c14-12-4-2-1-3-11(12)13(17)16-9-10-5-7-15-8-6-10/h1-4,10,15H,5-9H2,(H,16,17). The van der Waals surface area contributed by atoms with E-state index < -0.39 is 0 Å². The largest absolute Gasteiger partial charge is 0.352 e. The molecule has 1 aromatic carbocycles. The minimum absolute atomic E-state index is 0.0102. The van der Waals surface area contributed by atoms with Crippen molar-refractivity contribution in [2.45, 2.75) is 12.8 Å². The fourth-order valence-electron chi connectivity index (χ4n) is 2.06. The summed E-state index contributed by atoms with van der Waals surface area (Å²) in [4.78, 5) is 12.0. The third-order valence-corrected chi connectivity index (χ3v) is 3.82. The summed E-state index contributed by atoms with van der Waals surface area (Å²) < 4.78 is 0.850. The van der Waals surface area contributed by atoms with Crippen molar-refractivity contribution in [3.8, 4) is 0 Å². The van der Waals surface area contributed by atoms with E-state index in [4.69, 9.17) is 0 Å². The molecule has 0 saturated carbocycles.